The molecule has 0 aromatic rings. The van der Waals surface area contributed by atoms with Gasteiger partial charge in [-0.05, 0) is 25.6 Å². The smallest absolute Gasteiger partial charge is 0.320 e. The summed E-state index contributed by atoms with van der Waals surface area (Å²) in [5.74, 6) is -0.560. The first-order valence-corrected chi connectivity index (χ1v) is 7.10. The molecule has 0 heterocycles. The van der Waals surface area contributed by atoms with Crippen molar-refractivity contribution in [1.29, 1.82) is 5.41 Å². The van der Waals surface area contributed by atoms with Crippen molar-refractivity contribution >= 4 is 33.8 Å². The summed E-state index contributed by atoms with van der Waals surface area (Å²) in [6.07, 6.45) is 0.725. The Morgan fingerprint density at radius 1 is 1.32 bits per heavy atom. The Balaban J connectivity index is 0. The molecule has 0 rings (SSSR count). The van der Waals surface area contributed by atoms with E-state index in [9.17, 15) is 9.59 Å². The van der Waals surface area contributed by atoms with Gasteiger partial charge in [0.15, 0.2) is 5.96 Å². The number of halogens is 1. The largest absolute Gasteiger partial charge is 0.480 e. The number of carboxylic acid groups (broad SMARTS) is 2. The van der Waals surface area contributed by atoms with Gasteiger partial charge >= 0.3 is 11.9 Å². The summed E-state index contributed by atoms with van der Waals surface area (Å²) in [6, 6.07) is -1.84. The van der Waals surface area contributed by atoms with Crippen LogP contribution in [0.25, 0.3) is 0 Å². The lowest BCUT2D eigenvalue weighted by molar-refractivity contribution is -0.142. The van der Waals surface area contributed by atoms with E-state index in [1.165, 1.54) is 6.92 Å². The Hall–Kier alpha value is -1.35. The van der Waals surface area contributed by atoms with Gasteiger partial charge in [0.25, 0.3) is 0 Å². The molecule has 0 saturated heterocycles. The molecule has 2 unspecified atom stereocenters. The molecular weight excluding hydrogens is 320 g/mol. The highest BCUT2D eigenvalue weighted by Crippen LogP contribution is 1.99. The molecule has 9 heteroatoms. The van der Waals surface area contributed by atoms with Crippen molar-refractivity contribution in [3.8, 4) is 0 Å². The Kier molecular flexibility index (Phi) is 12.3. The Bertz CT molecular complexity index is 301. The van der Waals surface area contributed by atoms with Gasteiger partial charge in [-0.25, -0.2) is 0 Å². The molecule has 8 nitrogen and oxygen atoms in total. The van der Waals surface area contributed by atoms with E-state index in [-0.39, 0.29) is 12.4 Å². The molecule has 0 saturated carbocycles. The van der Waals surface area contributed by atoms with Crippen molar-refractivity contribution in [2.75, 3.05) is 12.4 Å². The number of rotatable bonds is 8. The third kappa shape index (κ3) is 11.5. The summed E-state index contributed by atoms with van der Waals surface area (Å²) in [4.78, 5) is 21.4. The van der Waals surface area contributed by atoms with E-state index in [4.69, 9.17) is 21.4 Å². The van der Waals surface area contributed by atoms with Crippen molar-refractivity contribution in [2.45, 2.75) is 31.8 Å². The number of nitrogens with two attached hydrogens (primary N) is 1. The average molecular weight is 341 g/mol. The van der Waals surface area contributed by atoms with Crippen molar-refractivity contribution in [2.24, 2.45) is 5.73 Å². The Morgan fingerprint density at radius 3 is 2.21 bits per heavy atom. The molecule has 0 aliphatic carbocycles. The maximum atomic E-state index is 10.8. The summed E-state index contributed by atoms with van der Waals surface area (Å²) < 4.78 is 0. The number of carboxylic acids is 2. The second-order valence-corrected chi connectivity index (χ2v) is 3.60. The van der Waals surface area contributed by atoms with Crippen LogP contribution < -0.4 is 16.4 Å². The van der Waals surface area contributed by atoms with Crippen LogP contribution in [0, 0.1) is 5.41 Å². The van der Waals surface area contributed by atoms with Crippen LogP contribution in [0.1, 0.15) is 19.8 Å². The topological polar surface area (TPSA) is 149 Å². The van der Waals surface area contributed by atoms with Crippen LogP contribution in [0.2, 0.25) is 0 Å². The van der Waals surface area contributed by atoms with E-state index in [1.807, 2.05) is 5.83 Å². The summed E-state index contributed by atoms with van der Waals surface area (Å²) in [6.45, 7) is 1.76. The zero-order valence-electron chi connectivity index (χ0n) is 10.9. The maximum absolute atomic E-state index is 10.8. The third-order valence-electron chi connectivity index (χ3n) is 2.10. The molecule has 0 aromatic heterocycles. The summed E-state index contributed by atoms with van der Waals surface area (Å²) in [5.41, 5.74) is 5.05. The van der Waals surface area contributed by atoms with E-state index in [2.05, 4.69) is 26.6 Å². The molecule has 0 aliphatic heterocycles. The fourth-order valence-electron chi connectivity index (χ4n) is 1.18. The summed E-state index contributed by atoms with van der Waals surface area (Å²) in [7, 11) is 0. The first-order chi connectivity index (χ1) is 8.84. The van der Waals surface area contributed by atoms with Crippen LogP contribution >= 0.6 is 15.9 Å². The number of guanidine groups is 1. The molecule has 0 aliphatic rings. The molecule has 0 aromatic carbocycles. The number of alkyl halides is 1. The second kappa shape index (κ2) is 11.7. The number of aliphatic carboxylic acids is 2. The fraction of sp³-hybridized carbons (Fsp3) is 0.700. The van der Waals surface area contributed by atoms with Gasteiger partial charge in [0.2, 0.25) is 0 Å². The minimum atomic E-state index is -1.10. The van der Waals surface area contributed by atoms with Gasteiger partial charge in [0, 0.05) is 6.54 Å². The lowest BCUT2D eigenvalue weighted by Gasteiger charge is -2.17. The summed E-state index contributed by atoms with van der Waals surface area (Å²) >= 11 is 2.94. The van der Waals surface area contributed by atoms with Gasteiger partial charge in [-0.3, -0.25) is 20.3 Å². The molecule has 0 bridgehead atoms. The van der Waals surface area contributed by atoms with Crippen LogP contribution in [0.15, 0.2) is 0 Å². The van der Waals surface area contributed by atoms with Crippen LogP contribution in [0.3, 0.4) is 0 Å². The Labute approximate surface area is 120 Å². The van der Waals surface area contributed by atoms with Crippen molar-refractivity contribution in [1.82, 2.24) is 10.6 Å². The van der Waals surface area contributed by atoms with Crippen molar-refractivity contribution in [3.63, 3.8) is 0 Å². The predicted octanol–water partition coefficient (Wildman–Crippen LogP) is -0.223. The minimum Gasteiger partial charge on any atom is -0.480 e. The minimum absolute atomic E-state index is 0.177. The zero-order valence-corrected chi connectivity index (χ0v) is 12.5. The lowest BCUT2D eigenvalue weighted by Crippen LogP contribution is -2.46. The van der Waals surface area contributed by atoms with E-state index < -0.39 is 24.0 Å². The predicted molar refractivity (Wildman–Crippen MR) is 75.7 cm³/mol. The van der Waals surface area contributed by atoms with Gasteiger partial charge in [-0.2, -0.15) is 0 Å². The maximum Gasteiger partial charge on any atom is 0.320 e. The quantitative estimate of drug-likeness (QED) is 0.155. The molecule has 0 spiro atoms. The van der Waals surface area contributed by atoms with Crippen LogP contribution in [0.5, 0.6) is 0 Å². The van der Waals surface area contributed by atoms with Gasteiger partial charge in [-0.1, -0.05) is 15.9 Å². The molecule has 19 heavy (non-hydrogen) atoms. The first kappa shape index (κ1) is 20.0. The number of hydrogen-bond donors (Lipinski definition) is 6. The van der Waals surface area contributed by atoms with E-state index in [1.54, 1.807) is 0 Å². The van der Waals surface area contributed by atoms with Crippen LogP contribution in [-0.2, 0) is 9.59 Å². The van der Waals surface area contributed by atoms with Gasteiger partial charge in [-0.15, -0.1) is 0 Å². The van der Waals surface area contributed by atoms with Gasteiger partial charge in [0.05, 0.1) is 0 Å². The van der Waals surface area contributed by atoms with Crippen LogP contribution in [-0.4, -0.2) is 52.6 Å². The fourth-order valence-corrected chi connectivity index (χ4v) is 1.18. The average Bonchev–Trinajstić information content (AvgIpc) is 2.34. The second-order valence-electron chi connectivity index (χ2n) is 3.60. The summed E-state index contributed by atoms with van der Waals surface area (Å²) in [5, 5.41) is 29.4. The molecule has 7 N–H and O–H groups in total. The van der Waals surface area contributed by atoms with E-state index in [0.29, 0.717) is 13.0 Å². The first-order valence-electron chi connectivity index (χ1n) is 5.52. The number of nitrogens with one attached hydrogen (secondary N) is 3. The number of hydrogen-bond acceptors (Lipinski definition) is 4. The molecule has 2 atom stereocenters. The zero-order chi connectivity index (χ0) is 15.4. The SMILES string of the molecule is CBr.CC(NC(CCCNC(=N)N)C(=O)O)C(=O)O. The highest BCUT2D eigenvalue weighted by atomic mass is 79.9. The molecule has 112 valence electrons. The van der Waals surface area contributed by atoms with Crippen molar-refractivity contribution in [3.05, 3.63) is 0 Å². The lowest BCUT2D eigenvalue weighted by atomic mass is 10.1. The highest BCUT2D eigenvalue weighted by Gasteiger charge is 2.22. The molecule has 0 amide bonds. The highest BCUT2D eigenvalue weighted by molar-refractivity contribution is 9.08. The molecule has 0 fully saturated rings. The molecular formula is C10H21BrN4O4. The van der Waals surface area contributed by atoms with Gasteiger partial charge in [0.1, 0.15) is 12.1 Å². The monoisotopic (exact) mass is 340 g/mol. The normalized spacial score (nSPS) is 12.6. The van der Waals surface area contributed by atoms with E-state index >= 15 is 0 Å². The molecule has 0 radical (unpaired) electrons. The van der Waals surface area contributed by atoms with Crippen LogP contribution in [0.4, 0.5) is 0 Å². The third-order valence-corrected chi connectivity index (χ3v) is 2.10. The van der Waals surface area contributed by atoms with Crippen molar-refractivity contribution < 1.29 is 19.8 Å². The van der Waals surface area contributed by atoms with E-state index in [0.717, 1.165) is 0 Å². The van der Waals surface area contributed by atoms with Gasteiger partial charge < -0.3 is 21.3 Å². The Morgan fingerprint density at radius 2 is 1.84 bits per heavy atom. The number of carbonyl (C=O) groups is 2. The standard InChI is InChI=1S/C9H18N4O4.CH3Br/c1-5(7(14)15)13-6(8(16)17)3-2-4-12-9(10)11;1-2/h5-6,13H,2-4H2,1H3,(H,14,15)(H,16,17)(H4,10,11,12);1H3.